The molecule has 19 heavy (non-hydrogen) atoms. The summed E-state index contributed by atoms with van der Waals surface area (Å²) >= 11 is 0. The van der Waals surface area contributed by atoms with Crippen LogP contribution < -0.4 is 15.2 Å². The highest BCUT2D eigenvalue weighted by molar-refractivity contribution is 5.45. The van der Waals surface area contributed by atoms with E-state index in [9.17, 15) is 0 Å². The molecule has 0 saturated heterocycles. The monoisotopic (exact) mass is 265 g/mol. The van der Waals surface area contributed by atoms with E-state index in [1.54, 1.807) is 0 Å². The van der Waals surface area contributed by atoms with E-state index >= 15 is 0 Å². The highest BCUT2D eigenvalue weighted by Gasteiger charge is 2.32. The van der Waals surface area contributed by atoms with Crippen molar-refractivity contribution in [2.24, 2.45) is 5.73 Å². The molecule has 106 valence electrons. The van der Waals surface area contributed by atoms with Crippen LogP contribution in [-0.4, -0.2) is 25.4 Å². The minimum absolute atomic E-state index is 0.187. The van der Waals surface area contributed by atoms with Crippen LogP contribution in [0.25, 0.3) is 0 Å². The van der Waals surface area contributed by atoms with Gasteiger partial charge in [-0.25, -0.2) is 0 Å². The van der Waals surface area contributed by atoms with Crippen molar-refractivity contribution in [3.05, 3.63) is 23.8 Å². The van der Waals surface area contributed by atoms with Crippen molar-refractivity contribution in [3.63, 3.8) is 0 Å². The number of nitrogens with two attached hydrogens (primary N) is 1. The molecule has 1 aromatic carbocycles. The molecule has 0 bridgehead atoms. The summed E-state index contributed by atoms with van der Waals surface area (Å²) in [5.41, 5.74) is 7.04. The fraction of sp³-hybridized carbons (Fsp3) is 0.600. The van der Waals surface area contributed by atoms with Gasteiger partial charge < -0.3 is 19.9 Å². The summed E-state index contributed by atoms with van der Waals surface area (Å²) in [5, 5.41) is 0. The highest BCUT2D eigenvalue weighted by Crippen LogP contribution is 2.36. The lowest BCUT2D eigenvalue weighted by molar-refractivity contribution is -0.0473. The van der Waals surface area contributed by atoms with Gasteiger partial charge in [0.1, 0.15) is 13.2 Å². The summed E-state index contributed by atoms with van der Waals surface area (Å²) in [5.74, 6) is 1.56. The van der Waals surface area contributed by atoms with Gasteiger partial charge in [0.05, 0.1) is 11.6 Å². The standard InChI is InChI=1S/C15H23NO3/c1-4-15(3,19-5-2)14(16)11-6-7-12-13(10-11)18-9-8-17-12/h6-7,10,14H,4-5,8-9,16H2,1-3H3. The Morgan fingerprint density at radius 3 is 2.58 bits per heavy atom. The van der Waals surface area contributed by atoms with Gasteiger partial charge in [-0.1, -0.05) is 13.0 Å². The first kappa shape index (κ1) is 14.2. The van der Waals surface area contributed by atoms with Gasteiger partial charge in [-0.15, -0.1) is 0 Å². The first-order valence-corrected chi connectivity index (χ1v) is 6.89. The lowest BCUT2D eigenvalue weighted by Crippen LogP contribution is -2.40. The van der Waals surface area contributed by atoms with Crippen LogP contribution in [0.3, 0.4) is 0 Å². The second-order valence-electron chi connectivity index (χ2n) is 4.98. The van der Waals surface area contributed by atoms with E-state index in [1.165, 1.54) is 0 Å². The van der Waals surface area contributed by atoms with Crippen molar-refractivity contribution < 1.29 is 14.2 Å². The maximum absolute atomic E-state index is 6.38. The molecule has 1 heterocycles. The summed E-state index contributed by atoms with van der Waals surface area (Å²) in [6.07, 6.45) is 0.858. The summed E-state index contributed by atoms with van der Waals surface area (Å²) in [6, 6.07) is 5.69. The number of hydrogen-bond donors (Lipinski definition) is 1. The van der Waals surface area contributed by atoms with E-state index in [-0.39, 0.29) is 11.6 Å². The van der Waals surface area contributed by atoms with Crippen molar-refractivity contribution in [3.8, 4) is 11.5 Å². The van der Waals surface area contributed by atoms with Crippen molar-refractivity contribution in [1.29, 1.82) is 0 Å². The Morgan fingerprint density at radius 1 is 1.26 bits per heavy atom. The molecule has 0 fully saturated rings. The molecule has 1 aliphatic heterocycles. The minimum Gasteiger partial charge on any atom is -0.486 e. The minimum atomic E-state index is -0.363. The Kier molecular flexibility index (Phi) is 4.32. The Bertz CT molecular complexity index is 435. The second kappa shape index (κ2) is 5.80. The zero-order valence-electron chi connectivity index (χ0n) is 11.9. The van der Waals surface area contributed by atoms with Crippen LogP contribution in [-0.2, 0) is 4.74 Å². The molecule has 0 saturated carbocycles. The first-order chi connectivity index (χ1) is 9.10. The molecular formula is C15H23NO3. The summed E-state index contributed by atoms with van der Waals surface area (Å²) in [4.78, 5) is 0. The lowest BCUT2D eigenvalue weighted by Gasteiger charge is -2.35. The van der Waals surface area contributed by atoms with Crippen LogP contribution in [0.1, 0.15) is 38.8 Å². The number of rotatable bonds is 5. The van der Waals surface area contributed by atoms with Gasteiger partial charge in [0.25, 0.3) is 0 Å². The van der Waals surface area contributed by atoms with E-state index in [4.69, 9.17) is 19.9 Å². The molecule has 2 N–H and O–H groups in total. The third kappa shape index (κ3) is 2.85. The fourth-order valence-electron chi connectivity index (χ4n) is 2.35. The van der Waals surface area contributed by atoms with Crippen LogP contribution in [0.2, 0.25) is 0 Å². The SMILES string of the molecule is CCOC(C)(CC)C(N)c1ccc2c(c1)OCCO2. The normalized spacial score (nSPS) is 18.7. The van der Waals surface area contributed by atoms with Crippen LogP contribution in [0.4, 0.5) is 0 Å². The number of fused-ring (bicyclic) bond motifs is 1. The first-order valence-electron chi connectivity index (χ1n) is 6.89. The molecule has 0 aliphatic carbocycles. The second-order valence-corrected chi connectivity index (χ2v) is 4.98. The molecule has 2 rings (SSSR count). The third-order valence-electron chi connectivity index (χ3n) is 3.76. The van der Waals surface area contributed by atoms with Crippen LogP contribution in [0.15, 0.2) is 18.2 Å². The Balaban J connectivity index is 2.25. The largest absolute Gasteiger partial charge is 0.486 e. The van der Waals surface area contributed by atoms with Crippen LogP contribution in [0, 0.1) is 0 Å². The maximum Gasteiger partial charge on any atom is 0.161 e. The molecular weight excluding hydrogens is 242 g/mol. The maximum atomic E-state index is 6.38. The molecule has 0 amide bonds. The molecule has 4 heteroatoms. The van der Waals surface area contributed by atoms with Crippen LogP contribution >= 0.6 is 0 Å². The Morgan fingerprint density at radius 2 is 1.95 bits per heavy atom. The van der Waals surface area contributed by atoms with Crippen molar-refractivity contribution in [1.82, 2.24) is 0 Å². The molecule has 1 aromatic rings. The zero-order chi connectivity index (χ0) is 13.9. The molecule has 2 unspecified atom stereocenters. The molecule has 0 spiro atoms. The van der Waals surface area contributed by atoms with Crippen LogP contribution in [0.5, 0.6) is 11.5 Å². The van der Waals surface area contributed by atoms with Gasteiger partial charge in [0, 0.05) is 6.61 Å². The van der Waals surface area contributed by atoms with Gasteiger partial charge in [0.2, 0.25) is 0 Å². The van der Waals surface area contributed by atoms with Gasteiger partial charge in [-0.3, -0.25) is 0 Å². The average molecular weight is 265 g/mol. The summed E-state index contributed by atoms with van der Waals surface area (Å²) in [7, 11) is 0. The Hall–Kier alpha value is -1.26. The predicted molar refractivity (Wildman–Crippen MR) is 74.7 cm³/mol. The smallest absolute Gasteiger partial charge is 0.161 e. The van der Waals surface area contributed by atoms with Crippen molar-refractivity contribution in [2.45, 2.75) is 38.8 Å². The summed E-state index contributed by atoms with van der Waals surface area (Å²) in [6.45, 7) is 7.98. The van der Waals surface area contributed by atoms with E-state index in [2.05, 4.69) is 13.8 Å². The van der Waals surface area contributed by atoms with Gasteiger partial charge in [0.15, 0.2) is 11.5 Å². The number of ether oxygens (including phenoxy) is 3. The zero-order valence-corrected chi connectivity index (χ0v) is 11.9. The topological polar surface area (TPSA) is 53.7 Å². The molecule has 0 radical (unpaired) electrons. The van der Waals surface area contributed by atoms with E-state index in [0.29, 0.717) is 19.8 Å². The number of hydrogen-bond acceptors (Lipinski definition) is 4. The molecule has 0 aromatic heterocycles. The fourth-order valence-corrected chi connectivity index (χ4v) is 2.35. The quantitative estimate of drug-likeness (QED) is 0.889. The molecule has 1 aliphatic rings. The third-order valence-corrected chi connectivity index (χ3v) is 3.76. The van der Waals surface area contributed by atoms with E-state index in [1.807, 2.05) is 25.1 Å². The van der Waals surface area contributed by atoms with Crippen molar-refractivity contribution in [2.75, 3.05) is 19.8 Å². The van der Waals surface area contributed by atoms with Gasteiger partial charge in [-0.2, -0.15) is 0 Å². The van der Waals surface area contributed by atoms with Gasteiger partial charge in [-0.05, 0) is 38.0 Å². The number of benzene rings is 1. The average Bonchev–Trinajstić information content (AvgIpc) is 2.46. The summed E-state index contributed by atoms with van der Waals surface area (Å²) < 4.78 is 17.0. The van der Waals surface area contributed by atoms with E-state index < -0.39 is 0 Å². The Labute approximate surface area is 114 Å². The molecule has 2 atom stereocenters. The van der Waals surface area contributed by atoms with Gasteiger partial charge >= 0.3 is 0 Å². The molecule has 4 nitrogen and oxygen atoms in total. The predicted octanol–water partition coefficient (Wildman–Crippen LogP) is 2.66. The lowest BCUT2D eigenvalue weighted by atomic mass is 9.88. The van der Waals surface area contributed by atoms with E-state index in [0.717, 1.165) is 23.5 Å². The highest BCUT2D eigenvalue weighted by atomic mass is 16.6. The van der Waals surface area contributed by atoms with Crippen molar-refractivity contribution >= 4 is 0 Å².